The molecular formula is C17H17BrN4O. The minimum atomic E-state index is -0.0000808. The maximum atomic E-state index is 12.7. The first-order valence-electron chi connectivity index (χ1n) is 7.65. The summed E-state index contributed by atoms with van der Waals surface area (Å²) < 4.78 is 2.55. The first-order valence-corrected chi connectivity index (χ1v) is 8.45. The third-order valence-corrected chi connectivity index (χ3v) is 4.46. The van der Waals surface area contributed by atoms with Crippen molar-refractivity contribution in [3.63, 3.8) is 0 Å². The van der Waals surface area contributed by atoms with Crippen LogP contribution in [0.4, 0.5) is 0 Å². The number of carbonyl (C=O) groups is 1. The number of benzene rings is 1. The largest absolute Gasteiger partial charge is 0.331 e. The lowest BCUT2D eigenvalue weighted by molar-refractivity contribution is 0.0635. The molecule has 1 atom stereocenters. The van der Waals surface area contributed by atoms with E-state index in [9.17, 15) is 4.79 Å². The molecule has 1 aromatic heterocycles. The smallest absolute Gasteiger partial charge is 0.272 e. The Morgan fingerprint density at radius 1 is 1.39 bits per heavy atom. The van der Waals surface area contributed by atoms with Crippen molar-refractivity contribution in [2.45, 2.75) is 32.4 Å². The van der Waals surface area contributed by atoms with Crippen molar-refractivity contribution in [1.29, 1.82) is 5.26 Å². The van der Waals surface area contributed by atoms with Crippen LogP contribution in [0.3, 0.4) is 0 Å². The number of carbonyl (C=O) groups excluding carboxylic acids is 1. The molecule has 6 heteroatoms. The van der Waals surface area contributed by atoms with Crippen LogP contribution < -0.4 is 0 Å². The lowest BCUT2D eigenvalue weighted by Crippen LogP contribution is -2.42. The Hall–Kier alpha value is -2.13. The molecule has 0 N–H and O–H groups in total. The summed E-state index contributed by atoms with van der Waals surface area (Å²) in [5.41, 5.74) is 2.29. The van der Waals surface area contributed by atoms with E-state index in [1.165, 1.54) is 0 Å². The molecule has 0 bridgehead atoms. The highest BCUT2D eigenvalue weighted by molar-refractivity contribution is 9.10. The predicted octanol–water partition coefficient (Wildman–Crippen LogP) is 3.51. The minimum Gasteiger partial charge on any atom is -0.331 e. The summed E-state index contributed by atoms with van der Waals surface area (Å²) in [7, 11) is 0. The summed E-state index contributed by atoms with van der Waals surface area (Å²) in [6.07, 6.45) is 2.03. The Kier molecular flexibility index (Phi) is 4.49. The predicted molar refractivity (Wildman–Crippen MR) is 89.8 cm³/mol. The molecule has 0 saturated carbocycles. The number of hydrogen-bond donors (Lipinski definition) is 0. The molecule has 2 heterocycles. The highest BCUT2D eigenvalue weighted by Gasteiger charge is 2.32. The topological polar surface area (TPSA) is 61.9 Å². The summed E-state index contributed by atoms with van der Waals surface area (Å²) in [5.74, 6) is -0.0000808. The lowest BCUT2D eigenvalue weighted by atomic mass is 10.1. The van der Waals surface area contributed by atoms with Gasteiger partial charge in [0.15, 0.2) is 0 Å². The van der Waals surface area contributed by atoms with Gasteiger partial charge < -0.3 is 4.90 Å². The first kappa shape index (κ1) is 15.8. The van der Waals surface area contributed by atoms with Crippen LogP contribution in [0.15, 0.2) is 34.9 Å². The Balaban J connectivity index is 1.85. The molecule has 0 aliphatic carbocycles. The zero-order chi connectivity index (χ0) is 16.4. The van der Waals surface area contributed by atoms with Gasteiger partial charge in [0, 0.05) is 19.2 Å². The molecule has 2 aromatic rings. The summed E-state index contributed by atoms with van der Waals surface area (Å²) in [5, 5.41) is 13.3. The van der Waals surface area contributed by atoms with E-state index in [2.05, 4.69) is 34.0 Å². The Morgan fingerprint density at radius 2 is 2.13 bits per heavy atom. The number of halogens is 1. The van der Waals surface area contributed by atoms with Gasteiger partial charge in [-0.3, -0.25) is 9.48 Å². The highest BCUT2D eigenvalue weighted by Crippen LogP contribution is 2.27. The van der Waals surface area contributed by atoms with Crippen LogP contribution in [0.1, 0.15) is 47.4 Å². The van der Waals surface area contributed by atoms with Gasteiger partial charge in [-0.2, -0.15) is 10.4 Å². The van der Waals surface area contributed by atoms with Gasteiger partial charge in [-0.1, -0.05) is 25.5 Å². The number of fused-ring (bicyclic) bond motifs is 1. The van der Waals surface area contributed by atoms with Gasteiger partial charge in [-0.15, -0.1) is 0 Å². The minimum absolute atomic E-state index is 0.0000808. The van der Waals surface area contributed by atoms with E-state index < -0.39 is 0 Å². The van der Waals surface area contributed by atoms with Crippen LogP contribution in [0.5, 0.6) is 0 Å². The van der Waals surface area contributed by atoms with Crippen LogP contribution in [0.25, 0.3) is 0 Å². The summed E-state index contributed by atoms with van der Waals surface area (Å²) in [6.45, 7) is 3.35. The van der Waals surface area contributed by atoms with Crippen molar-refractivity contribution in [1.82, 2.24) is 14.7 Å². The zero-order valence-corrected chi connectivity index (χ0v) is 14.5. The number of nitriles is 1. The zero-order valence-electron chi connectivity index (χ0n) is 12.9. The van der Waals surface area contributed by atoms with Crippen LogP contribution in [-0.4, -0.2) is 27.1 Å². The molecule has 0 spiro atoms. The molecule has 1 aliphatic heterocycles. The second kappa shape index (κ2) is 6.55. The molecular weight excluding hydrogens is 356 g/mol. The maximum Gasteiger partial charge on any atom is 0.272 e. The summed E-state index contributed by atoms with van der Waals surface area (Å²) in [6, 6.07) is 11.5. The van der Waals surface area contributed by atoms with Gasteiger partial charge in [0.25, 0.3) is 5.91 Å². The van der Waals surface area contributed by atoms with Crippen molar-refractivity contribution >= 4 is 21.8 Å². The van der Waals surface area contributed by atoms with E-state index >= 15 is 0 Å². The normalized spacial score (nSPS) is 17.0. The van der Waals surface area contributed by atoms with E-state index in [-0.39, 0.29) is 11.9 Å². The van der Waals surface area contributed by atoms with Gasteiger partial charge in [0.2, 0.25) is 0 Å². The van der Waals surface area contributed by atoms with Crippen LogP contribution in [0.2, 0.25) is 0 Å². The summed E-state index contributed by atoms with van der Waals surface area (Å²) in [4.78, 5) is 14.6. The number of hydrogen-bond acceptors (Lipinski definition) is 3. The molecule has 1 amide bonds. The van der Waals surface area contributed by atoms with Crippen LogP contribution in [-0.2, 0) is 6.54 Å². The van der Waals surface area contributed by atoms with Crippen molar-refractivity contribution < 1.29 is 4.79 Å². The Labute approximate surface area is 143 Å². The van der Waals surface area contributed by atoms with Gasteiger partial charge in [-0.25, -0.2) is 0 Å². The third kappa shape index (κ3) is 3.15. The van der Waals surface area contributed by atoms with Crippen molar-refractivity contribution in [3.8, 4) is 6.07 Å². The fourth-order valence-corrected chi connectivity index (χ4v) is 3.36. The fraction of sp³-hybridized carbons (Fsp3) is 0.353. The molecule has 5 nitrogen and oxygen atoms in total. The van der Waals surface area contributed by atoms with Crippen molar-refractivity contribution in [2.75, 3.05) is 6.54 Å². The van der Waals surface area contributed by atoms with Crippen molar-refractivity contribution in [2.24, 2.45) is 0 Å². The molecule has 1 aliphatic rings. The molecule has 0 fully saturated rings. The van der Waals surface area contributed by atoms with E-state index in [4.69, 9.17) is 5.26 Å². The first-order chi connectivity index (χ1) is 11.1. The third-order valence-electron chi connectivity index (χ3n) is 4.07. The van der Waals surface area contributed by atoms with Crippen LogP contribution >= 0.6 is 15.9 Å². The lowest BCUT2D eigenvalue weighted by Gasteiger charge is -2.33. The molecule has 118 valence electrons. The standard InChI is InChI=1S/C17H17BrN4O/c1-2-3-14-11-21(10-13-6-4-12(9-19)5-7-13)17(23)15-8-16(18)20-22(14)15/h4-8,14H,2-3,10-11H2,1H3. The molecule has 3 rings (SSSR count). The monoisotopic (exact) mass is 372 g/mol. The van der Waals surface area contributed by atoms with Gasteiger partial charge in [-0.05, 0) is 40.0 Å². The number of amides is 1. The molecule has 1 aromatic carbocycles. The Morgan fingerprint density at radius 3 is 2.78 bits per heavy atom. The van der Waals surface area contributed by atoms with Crippen molar-refractivity contribution in [3.05, 3.63) is 51.8 Å². The maximum absolute atomic E-state index is 12.7. The average Bonchev–Trinajstić information content (AvgIpc) is 2.95. The second-order valence-electron chi connectivity index (χ2n) is 5.73. The van der Waals surface area contributed by atoms with Gasteiger partial charge in [0.05, 0.1) is 17.7 Å². The molecule has 1 unspecified atom stereocenters. The second-order valence-corrected chi connectivity index (χ2v) is 6.55. The molecule has 0 radical (unpaired) electrons. The fourth-order valence-electron chi connectivity index (χ4n) is 2.97. The number of aromatic nitrogens is 2. The molecule has 23 heavy (non-hydrogen) atoms. The number of nitrogens with zero attached hydrogens (tertiary/aromatic N) is 4. The van der Waals surface area contributed by atoms with E-state index in [1.54, 1.807) is 18.2 Å². The number of rotatable bonds is 4. The van der Waals surface area contributed by atoms with Crippen LogP contribution in [0, 0.1) is 11.3 Å². The van der Waals surface area contributed by atoms with E-state index in [0.717, 1.165) is 18.4 Å². The highest BCUT2D eigenvalue weighted by atomic mass is 79.9. The quantitative estimate of drug-likeness (QED) is 0.824. The Bertz CT molecular complexity index is 760. The SMILES string of the molecule is CCCC1CN(Cc2ccc(C#N)cc2)C(=O)c2cc(Br)nn21. The molecule has 0 saturated heterocycles. The van der Waals surface area contributed by atoms with E-state index in [0.29, 0.717) is 29.0 Å². The average molecular weight is 373 g/mol. The van der Waals surface area contributed by atoms with Gasteiger partial charge in [0.1, 0.15) is 10.3 Å². The van der Waals surface area contributed by atoms with E-state index in [1.807, 2.05) is 21.7 Å². The summed E-state index contributed by atoms with van der Waals surface area (Å²) >= 11 is 3.37. The van der Waals surface area contributed by atoms with Gasteiger partial charge >= 0.3 is 0 Å².